The number of hydrogen-bond donors (Lipinski definition) is 2. The molecule has 0 radical (unpaired) electrons. The average Bonchev–Trinajstić information content (AvgIpc) is 2.93. The molecule has 0 saturated carbocycles. The zero-order valence-electron chi connectivity index (χ0n) is 21.7. The van der Waals surface area contributed by atoms with Crippen LogP contribution in [0.3, 0.4) is 0 Å². The molecule has 2 N–H and O–H groups in total. The van der Waals surface area contributed by atoms with E-state index in [0.29, 0.717) is 17.2 Å². The molecule has 0 spiro atoms. The van der Waals surface area contributed by atoms with E-state index in [1.54, 1.807) is 43.8 Å². The number of amides is 2. The molecule has 38 heavy (non-hydrogen) atoms. The molecule has 1 saturated heterocycles. The Balaban J connectivity index is 1.33. The normalized spacial score (nSPS) is 15.7. The fraction of sp³-hybridized carbons (Fsp3) is 0.310. The summed E-state index contributed by atoms with van der Waals surface area (Å²) in [6.45, 7) is 2.89. The highest BCUT2D eigenvalue weighted by molar-refractivity contribution is 5.88. The maximum absolute atomic E-state index is 12.6. The molecule has 1 aliphatic heterocycles. The van der Waals surface area contributed by atoms with Crippen LogP contribution in [0.5, 0.6) is 11.5 Å². The zero-order chi connectivity index (χ0) is 26.7. The van der Waals surface area contributed by atoms with Crippen LogP contribution in [0.2, 0.25) is 0 Å². The van der Waals surface area contributed by atoms with Gasteiger partial charge in [-0.25, -0.2) is 5.43 Å². The van der Waals surface area contributed by atoms with Gasteiger partial charge in [-0.1, -0.05) is 12.5 Å². The first-order chi connectivity index (χ1) is 18.5. The van der Waals surface area contributed by atoms with E-state index in [2.05, 4.69) is 31.8 Å². The molecule has 2 aromatic carbocycles. The van der Waals surface area contributed by atoms with E-state index in [9.17, 15) is 9.59 Å². The van der Waals surface area contributed by atoms with Crippen molar-refractivity contribution < 1.29 is 19.1 Å². The Morgan fingerprint density at radius 1 is 1.16 bits per heavy atom. The van der Waals surface area contributed by atoms with Gasteiger partial charge in [-0.2, -0.15) is 5.10 Å². The van der Waals surface area contributed by atoms with Gasteiger partial charge in [0.05, 0.1) is 19.9 Å². The summed E-state index contributed by atoms with van der Waals surface area (Å²) < 4.78 is 11.4. The molecule has 2 heterocycles. The minimum absolute atomic E-state index is 0.126. The van der Waals surface area contributed by atoms with Crippen molar-refractivity contribution in [2.45, 2.75) is 38.8 Å². The molecule has 1 fully saturated rings. The molecular formula is C29H33N5O4. The average molecular weight is 516 g/mol. The highest BCUT2D eigenvalue weighted by Gasteiger charge is 2.25. The third-order valence-corrected chi connectivity index (χ3v) is 6.31. The van der Waals surface area contributed by atoms with E-state index >= 15 is 0 Å². The standard InChI is InChI=1S/C29H33N5O4/c1-21(35)32-25-9-11-26(12-10-25)38-20-24-16-22(8-13-28(24)37-2)17-31-33-29(36)19-34-15-4-3-7-27(34)23-6-5-14-30-18-23/h5-6,8-14,16-18,27H,3-4,7,15,19-20H2,1-2H3,(H,32,35)(H,33,36)/t27-/m1/s1. The number of ether oxygens (including phenoxy) is 2. The number of likely N-dealkylation sites (tertiary alicyclic amines) is 1. The van der Waals surface area contributed by atoms with Crippen LogP contribution in [0.4, 0.5) is 5.69 Å². The summed E-state index contributed by atoms with van der Waals surface area (Å²) in [5.41, 5.74) is 6.14. The number of benzene rings is 2. The maximum Gasteiger partial charge on any atom is 0.254 e. The lowest BCUT2D eigenvalue weighted by molar-refractivity contribution is -0.123. The maximum atomic E-state index is 12.6. The van der Waals surface area contributed by atoms with Gasteiger partial charge in [0, 0.05) is 36.6 Å². The fourth-order valence-electron chi connectivity index (χ4n) is 4.52. The predicted octanol–water partition coefficient (Wildman–Crippen LogP) is 4.30. The van der Waals surface area contributed by atoms with Gasteiger partial charge in [-0.05, 0) is 79.0 Å². The van der Waals surface area contributed by atoms with Crippen molar-refractivity contribution >= 4 is 23.7 Å². The van der Waals surface area contributed by atoms with Crippen LogP contribution in [0.25, 0.3) is 0 Å². The molecule has 2 amide bonds. The lowest BCUT2D eigenvalue weighted by atomic mass is 9.96. The summed E-state index contributed by atoms with van der Waals surface area (Å²) >= 11 is 0. The Morgan fingerprint density at radius 3 is 2.74 bits per heavy atom. The third-order valence-electron chi connectivity index (χ3n) is 6.31. The highest BCUT2D eigenvalue weighted by Crippen LogP contribution is 2.30. The molecule has 4 rings (SSSR count). The molecule has 9 nitrogen and oxygen atoms in total. The van der Waals surface area contributed by atoms with Gasteiger partial charge in [-0.15, -0.1) is 0 Å². The molecular weight excluding hydrogens is 482 g/mol. The Hall–Kier alpha value is -4.24. The van der Waals surface area contributed by atoms with Crippen LogP contribution in [0, 0.1) is 0 Å². The van der Waals surface area contributed by atoms with E-state index in [0.717, 1.165) is 42.5 Å². The third kappa shape index (κ3) is 7.63. The molecule has 9 heteroatoms. The zero-order valence-corrected chi connectivity index (χ0v) is 21.7. The second-order valence-electron chi connectivity index (χ2n) is 9.13. The van der Waals surface area contributed by atoms with Crippen molar-refractivity contribution in [1.82, 2.24) is 15.3 Å². The lowest BCUT2D eigenvalue weighted by Gasteiger charge is -2.35. The topological polar surface area (TPSA) is 105 Å². The first kappa shape index (κ1) is 26.8. The Bertz CT molecular complexity index is 1250. The van der Waals surface area contributed by atoms with Crippen LogP contribution in [0.1, 0.15) is 48.9 Å². The largest absolute Gasteiger partial charge is 0.496 e. The number of rotatable bonds is 10. The number of hydrazone groups is 1. The molecule has 0 bridgehead atoms. The summed E-state index contributed by atoms with van der Waals surface area (Å²) in [5.74, 6) is 1.07. The number of pyridine rings is 1. The van der Waals surface area contributed by atoms with Crippen molar-refractivity contribution in [3.05, 3.63) is 83.7 Å². The quantitative estimate of drug-likeness (QED) is 0.308. The van der Waals surface area contributed by atoms with Crippen molar-refractivity contribution in [2.75, 3.05) is 25.5 Å². The molecule has 3 aromatic rings. The van der Waals surface area contributed by atoms with E-state index in [-0.39, 0.29) is 31.0 Å². The van der Waals surface area contributed by atoms with Gasteiger partial charge in [0.2, 0.25) is 5.91 Å². The second-order valence-corrected chi connectivity index (χ2v) is 9.13. The molecule has 0 unspecified atom stereocenters. The summed E-state index contributed by atoms with van der Waals surface area (Å²) in [6.07, 6.45) is 8.48. The number of nitrogens with one attached hydrogen (secondary N) is 2. The van der Waals surface area contributed by atoms with Gasteiger partial charge >= 0.3 is 0 Å². The van der Waals surface area contributed by atoms with Gasteiger partial charge in [0.25, 0.3) is 5.91 Å². The number of carbonyl (C=O) groups excluding carboxylic acids is 2. The summed E-state index contributed by atoms with van der Waals surface area (Å²) in [5, 5.41) is 6.90. The van der Waals surface area contributed by atoms with Crippen LogP contribution in [0.15, 0.2) is 72.1 Å². The number of carbonyl (C=O) groups is 2. The SMILES string of the molecule is COc1ccc(C=NNC(=O)CN2CCCC[C@@H]2c2cccnc2)cc1COc1ccc(NC(C)=O)cc1. The number of methoxy groups -OCH3 is 1. The molecule has 1 aliphatic rings. The number of hydrogen-bond acceptors (Lipinski definition) is 7. The number of nitrogens with zero attached hydrogens (tertiary/aromatic N) is 3. The van der Waals surface area contributed by atoms with Crippen molar-refractivity contribution in [3.8, 4) is 11.5 Å². The van der Waals surface area contributed by atoms with Crippen LogP contribution < -0.4 is 20.2 Å². The molecule has 0 aliphatic carbocycles. The van der Waals surface area contributed by atoms with Gasteiger partial charge in [-0.3, -0.25) is 19.5 Å². The lowest BCUT2D eigenvalue weighted by Crippen LogP contribution is -2.40. The fourth-order valence-corrected chi connectivity index (χ4v) is 4.52. The minimum Gasteiger partial charge on any atom is -0.496 e. The molecule has 198 valence electrons. The van der Waals surface area contributed by atoms with Crippen LogP contribution >= 0.6 is 0 Å². The van der Waals surface area contributed by atoms with Gasteiger partial charge in [0.1, 0.15) is 18.1 Å². The smallest absolute Gasteiger partial charge is 0.254 e. The van der Waals surface area contributed by atoms with Crippen molar-refractivity contribution in [1.29, 1.82) is 0 Å². The van der Waals surface area contributed by atoms with E-state index in [4.69, 9.17) is 9.47 Å². The minimum atomic E-state index is -0.156. The predicted molar refractivity (Wildman–Crippen MR) is 146 cm³/mol. The van der Waals surface area contributed by atoms with Crippen LogP contribution in [-0.2, 0) is 16.2 Å². The van der Waals surface area contributed by atoms with Gasteiger partial charge < -0.3 is 14.8 Å². The van der Waals surface area contributed by atoms with Gasteiger partial charge in [0.15, 0.2) is 0 Å². The number of aromatic nitrogens is 1. The first-order valence-electron chi connectivity index (χ1n) is 12.6. The van der Waals surface area contributed by atoms with Crippen molar-refractivity contribution in [3.63, 3.8) is 0 Å². The Morgan fingerprint density at radius 2 is 2.00 bits per heavy atom. The monoisotopic (exact) mass is 515 g/mol. The summed E-state index contributed by atoms with van der Waals surface area (Å²) in [6, 6.07) is 17.0. The highest BCUT2D eigenvalue weighted by atomic mass is 16.5. The van der Waals surface area contributed by atoms with Crippen LogP contribution in [-0.4, -0.2) is 48.1 Å². The summed E-state index contributed by atoms with van der Waals surface area (Å²) in [4.78, 5) is 30.3. The Labute approximate surface area is 222 Å². The van der Waals surface area contributed by atoms with E-state index < -0.39 is 0 Å². The number of anilines is 1. The van der Waals surface area contributed by atoms with E-state index in [1.165, 1.54) is 6.92 Å². The first-order valence-corrected chi connectivity index (χ1v) is 12.6. The Kier molecular flexibility index (Phi) is 9.42. The summed E-state index contributed by atoms with van der Waals surface area (Å²) in [7, 11) is 1.61. The molecule has 1 atom stereocenters. The van der Waals surface area contributed by atoms with E-state index in [1.807, 2.05) is 30.5 Å². The second kappa shape index (κ2) is 13.3. The molecule has 1 aromatic heterocycles. The van der Waals surface area contributed by atoms with Crippen molar-refractivity contribution in [2.24, 2.45) is 5.10 Å². The number of piperidine rings is 1.